The van der Waals surface area contributed by atoms with E-state index < -0.39 is 21.2 Å². The topological polar surface area (TPSA) is 63.6 Å². The maximum Gasteiger partial charge on any atom is 0.156 e. The van der Waals surface area contributed by atoms with Crippen LogP contribution < -0.4 is 4.74 Å². The number of aryl methyl sites for hydroxylation is 1. The van der Waals surface area contributed by atoms with Gasteiger partial charge < -0.3 is 9.84 Å². The molecule has 0 saturated carbocycles. The van der Waals surface area contributed by atoms with Crippen molar-refractivity contribution < 1.29 is 18.3 Å². The van der Waals surface area contributed by atoms with E-state index in [2.05, 4.69) is 0 Å². The van der Waals surface area contributed by atoms with Gasteiger partial charge in [0, 0.05) is 5.56 Å². The zero-order valence-corrected chi connectivity index (χ0v) is 12.2. The molecular formula is C15H20O4S. The lowest BCUT2D eigenvalue weighted by Crippen LogP contribution is -2.34. The minimum atomic E-state index is -3.20. The van der Waals surface area contributed by atoms with Crippen LogP contribution in [0.3, 0.4) is 0 Å². The zero-order chi connectivity index (χ0) is 14.2. The molecule has 20 heavy (non-hydrogen) atoms. The van der Waals surface area contributed by atoms with Gasteiger partial charge in [-0.1, -0.05) is 24.6 Å². The molecule has 0 aliphatic carbocycles. The average Bonchev–Trinajstić information content (AvgIpc) is 2.45. The van der Waals surface area contributed by atoms with Crippen molar-refractivity contribution in [1.82, 2.24) is 0 Å². The largest absolute Gasteiger partial charge is 0.493 e. The lowest BCUT2D eigenvalue weighted by atomic mass is 9.96. The highest BCUT2D eigenvalue weighted by Gasteiger charge is 2.37. The van der Waals surface area contributed by atoms with Crippen molar-refractivity contribution in [1.29, 1.82) is 0 Å². The van der Waals surface area contributed by atoms with Gasteiger partial charge in [0.2, 0.25) is 0 Å². The van der Waals surface area contributed by atoms with Gasteiger partial charge >= 0.3 is 0 Å². The zero-order valence-electron chi connectivity index (χ0n) is 11.4. The molecule has 3 rings (SSSR count). The van der Waals surface area contributed by atoms with E-state index in [4.69, 9.17) is 4.74 Å². The summed E-state index contributed by atoms with van der Waals surface area (Å²) in [7, 11) is -3.20. The lowest BCUT2D eigenvalue weighted by molar-refractivity contribution is 0.156. The first-order valence-electron chi connectivity index (χ1n) is 7.24. The number of aliphatic hydroxyl groups excluding tert-OH is 1. The Bertz CT molecular complexity index is 594. The molecule has 1 N–H and O–H groups in total. The molecule has 2 atom stereocenters. The van der Waals surface area contributed by atoms with E-state index in [1.807, 2.05) is 12.1 Å². The fourth-order valence-electron chi connectivity index (χ4n) is 3.18. The van der Waals surface area contributed by atoms with Crippen LogP contribution in [0.25, 0.3) is 0 Å². The fourth-order valence-corrected chi connectivity index (χ4v) is 5.16. The Labute approximate surface area is 119 Å². The molecule has 2 unspecified atom stereocenters. The van der Waals surface area contributed by atoms with Crippen LogP contribution >= 0.6 is 0 Å². The van der Waals surface area contributed by atoms with Gasteiger partial charge in [-0.3, -0.25) is 0 Å². The Hall–Kier alpha value is -1.07. The number of benzene rings is 1. The Morgan fingerprint density at radius 1 is 1.25 bits per heavy atom. The molecule has 2 heterocycles. The number of aliphatic hydroxyl groups is 1. The number of fused-ring (bicyclic) bond motifs is 1. The van der Waals surface area contributed by atoms with E-state index in [0.717, 1.165) is 24.8 Å². The monoisotopic (exact) mass is 296 g/mol. The van der Waals surface area contributed by atoms with Gasteiger partial charge in [-0.05, 0) is 31.2 Å². The normalized spacial score (nSPS) is 26.4. The van der Waals surface area contributed by atoms with Crippen molar-refractivity contribution in [3.05, 3.63) is 29.3 Å². The number of ether oxygens (including phenoxy) is 1. The summed E-state index contributed by atoms with van der Waals surface area (Å²) in [4.78, 5) is 0. The summed E-state index contributed by atoms with van der Waals surface area (Å²) >= 11 is 0. The number of rotatable bonds is 2. The van der Waals surface area contributed by atoms with Gasteiger partial charge in [0.25, 0.3) is 0 Å². The second-order valence-corrected chi connectivity index (χ2v) is 7.97. The third kappa shape index (κ3) is 2.44. The van der Waals surface area contributed by atoms with Crippen molar-refractivity contribution in [3.8, 4) is 5.75 Å². The molecule has 4 nitrogen and oxygen atoms in total. The molecule has 0 spiro atoms. The molecule has 1 fully saturated rings. The summed E-state index contributed by atoms with van der Waals surface area (Å²) < 4.78 is 30.0. The first-order chi connectivity index (χ1) is 9.59. The summed E-state index contributed by atoms with van der Waals surface area (Å²) in [5.74, 6) is 0.886. The highest BCUT2D eigenvalue weighted by Crippen LogP contribution is 2.38. The number of para-hydroxylation sites is 1. The first kappa shape index (κ1) is 13.9. The molecule has 0 amide bonds. The molecule has 1 saturated heterocycles. The number of hydrogen-bond acceptors (Lipinski definition) is 4. The minimum absolute atomic E-state index is 0.185. The molecule has 2 aliphatic rings. The summed E-state index contributed by atoms with van der Waals surface area (Å²) in [5.41, 5.74) is 1.71. The van der Waals surface area contributed by atoms with Crippen LogP contribution in [0.15, 0.2) is 18.2 Å². The van der Waals surface area contributed by atoms with E-state index in [9.17, 15) is 13.5 Å². The quantitative estimate of drug-likeness (QED) is 0.907. The second kappa shape index (κ2) is 5.37. The Morgan fingerprint density at radius 2 is 2.10 bits per heavy atom. The van der Waals surface area contributed by atoms with Crippen molar-refractivity contribution in [2.24, 2.45) is 0 Å². The van der Waals surface area contributed by atoms with Gasteiger partial charge in [0.1, 0.15) is 5.75 Å². The maximum absolute atomic E-state index is 12.2. The van der Waals surface area contributed by atoms with E-state index in [1.165, 1.54) is 0 Å². The van der Waals surface area contributed by atoms with Crippen LogP contribution in [0.2, 0.25) is 0 Å². The fraction of sp³-hybridized carbons (Fsp3) is 0.600. The van der Waals surface area contributed by atoms with Gasteiger partial charge in [-0.25, -0.2) is 8.42 Å². The van der Waals surface area contributed by atoms with E-state index in [0.29, 0.717) is 30.8 Å². The molecular weight excluding hydrogens is 276 g/mol. The third-order valence-electron chi connectivity index (χ3n) is 4.26. The average molecular weight is 296 g/mol. The van der Waals surface area contributed by atoms with Crippen LogP contribution in [0.1, 0.15) is 42.9 Å². The molecule has 1 aromatic carbocycles. The molecule has 5 heteroatoms. The highest BCUT2D eigenvalue weighted by molar-refractivity contribution is 7.92. The summed E-state index contributed by atoms with van der Waals surface area (Å²) in [5, 5.41) is 9.89. The van der Waals surface area contributed by atoms with Crippen molar-refractivity contribution in [3.63, 3.8) is 0 Å². The summed E-state index contributed by atoms with van der Waals surface area (Å²) in [6.45, 7) is 0.633. The molecule has 110 valence electrons. The van der Waals surface area contributed by atoms with Gasteiger partial charge in [-0.2, -0.15) is 0 Å². The van der Waals surface area contributed by atoms with Crippen LogP contribution in [0, 0.1) is 0 Å². The number of hydrogen-bond donors (Lipinski definition) is 1. The van der Waals surface area contributed by atoms with Gasteiger partial charge in [-0.15, -0.1) is 0 Å². The Morgan fingerprint density at radius 3 is 2.90 bits per heavy atom. The summed E-state index contributed by atoms with van der Waals surface area (Å²) in [6, 6.07) is 5.65. The molecule has 0 bridgehead atoms. The molecule has 0 radical (unpaired) electrons. The van der Waals surface area contributed by atoms with Crippen LogP contribution in [-0.4, -0.2) is 31.1 Å². The van der Waals surface area contributed by atoms with E-state index in [-0.39, 0.29) is 5.75 Å². The summed E-state index contributed by atoms with van der Waals surface area (Å²) in [6.07, 6.45) is 3.01. The highest BCUT2D eigenvalue weighted by atomic mass is 32.2. The van der Waals surface area contributed by atoms with Crippen LogP contribution in [-0.2, 0) is 16.3 Å². The second-order valence-electron chi connectivity index (χ2n) is 5.63. The molecule has 0 aromatic heterocycles. The van der Waals surface area contributed by atoms with E-state index in [1.54, 1.807) is 6.07 Å². The molecule has 2 aliphatic heterocycles. The van der Waals surface area contributed by atoms with Crippen molar-refractivity contribution >= 4 is 9.84 Å². The maximum atomic E-state index is 12.2. The van der Waals surface area contributed by atoms with E-state index >= 15 is 0 Å². The standard InChI is InChI=1S/C15H20O4S/c16-14(13-8-1-2-10-20(13,17)18)12-7-3-5-11-6-4-9-19-15(11)12/h3,5,7,13-14,16H,1-2,4,6,8-10H2. The minimum Gasteiger partial charge on any atom is -0.493 e. The first-order valence-corrected chi connectivity index (χ1v) is 8.95. The smallest absolute Gasteiger partial charge is 0.156 e. The Balaban J connectivity index is 1.96. The SMILES string of the molecule is O=S1(=O)CCCCC1C(O)c1cccc2c1OCCC2. The predicted molar refractivity (Wildman–Crippen MR) is 76.6 cm³/mol. The Kier molecular flexibility index (Phi) is 3.73. The lowest BCUT2D eigenvalue weighted by Gasteiger charge is -2.29. The predicted octanol–water partition coefficient (Wildman–Crippen LogP) is 2.01. The van der Waals surface area contributed by atoms with Crippen LogP contribution in [0.4, 0.5) is 0 Å². The van der Waals surface area contributed by atoms with Gasteiger partial charge in [0.05, 0.1) is 23.7 Å². The van der Waals surface area contributed by atoms with Crippen LogP contribution in [0.5, 0.6) is 5.75 Å². The molecule has 1 aromatic rings. The third-order valence-corrected chi connectivity index (χ3v) is 6.54. The van der Waals surface area contributed by atoms with Crippen molar-refractivity contribution in [2.75, 3.05) is 12.4 Å². The number of sulfone groups is 1. The van der Waals surface area contributed by atoms with Gasteiger partial charge in [0.15, 0.2) is 9.84 Å². The van der Waals surface area contributed by atoms with Crippen molar-refractivity contribution in [2.45, 2.75) is 43.5 Å².